The van der Waals surface area contributed by atoms with Gasteiger partial charge in [0.1, 0.15) is 72.5 Å². The summed E-state index contributed by atoms with van der Waals surface area (Å²) in [5.41, 5.74) is 0.316. The highest BCUT2D eigenvalue weighted by Crippen LogP contribution is 2.27. The second kappa shape index (κ2) is 31.8. The third-order valence-electron chi connectivity index (χ3n) is 12.9. The van der Waals surface area contributed by atoms with Crippen LogP contribution < -0.4 is 37.2 Å². The minimum atomic E-state index is -1.91. The zero-order valence-corrected chi connectivity index (χ0v) is 47.7. The number of nitrogens with zero attached hydrogens (tertiary/aromatic N) is 2. The summed E-state index contributed by atoms with van der Waals surface area (Å²) in [4.78, 5) is 150. The number of likely N-dealkylation sites (N-methyl/N-ethyl adjacent to an activating group) is 1. The molecule has 13 atom stereocenters. The molecule has 79 heavy (non-hydrogen) atoms. The maximum Gasteiger partial charge on any atom is 0.328 e. The lowest BCUT2D eigenvalue weighted by Crippen LogP contribution is -2.67. The predicted octanol–water partition coefficient (Wildman–Crippen LogP) is -0.762. The van der Waals surface area contributed by atoms with Gasteiger partial charge in [0.2, 0.25) is 53.2 Å². The Labute approximate surface area is 465 Å². The molecule has 2 rings (SSSR count). The largest absolute Gasteiger partial charge is 0.506 e. The number of benzene rings is 1. The maximum absolute atomic E-state index is 14.6. The van der Waals surface area contributed by atoms with Crippen molar-refractivity contribution in [2.75, 3.05) is 7.05 Å². The fraction of sp³-hybridized carbons (Fsp3) is 0.673. The maximum atomic E-state index is 14.6. The summed E-state index contributed by atoms with van der Waals surface area (Å²) in [5, 5.41) is 70.3. The molecule has 1 unspecified atom stereocenters. The second-order valence-corrected chi connectivity index (χ2v) is 21.1. The molecule has 444 valence electrons. The van der Waals surface area contributed by atoms with Gasteiger partial charge in [-0.2, -0.15) is 0 Å². The number of aliphatic hydroxyl groups excluding tert-OH is 3. The van der Waals surface area contributed by atoms with Gasteiger partial charge in [-0.25, -0.2) is 9.59 Å². The van der Waals surface area contributed by atoms with Crippen LogP contribution in [0.5, 0.6) is 5.75 Å². The molecule has 1 fully saturated rings. The van der Waals surface area contributed by atoms with E-state index in [4.69, 9.17) is 16.3 Å². The Hall–Kier alpha value is -6.64. The normalized spacial score (nSPS) is 18.6. The molecule has 12 N–H and O–H groups in total. The van der Waals surface area contributed by atoms with E-state index in [0.29, 0.717) is 23.3 Å². The number of halogens is 1. The molecule has 1 aliphatic heterocycles. The average molecular weight is 1140 g/mol. The van der Waals surface area contributed by atoms with E-state index in [1.54, 1.807) is 41.5 Å². The molecular formula is C52H82ClN9O17. The number of carbonyl (C=O) groups is 11. The van der Waals surface area contributed by atoms with E-state index < -0.39 is 150 Å². The van der Waals surface area contributed by atoms with Crippen molar-refractivity contribution in [1.29, 1.82) is 0 Å². The van der Waals surface area contributed by atoms with Gasteiger partial charge < -0.3 is 77.3 Å². The van der Waals surface area contributed by atoms with Crippen LogP contribution in [0.2, 0.25) is 5.02 Å². The highest BCUT2D eigenvalue weighted by molar-refractivity contribution is 6.32. The van der Waals surface area contributed by atoms with Gasteiger partial charge in [-0.05, 0) is 96.3 Å². The van der Waals surface area contributed by atoms with Crippen LogP contribution in [-0.2, 0) is 63.9 Å². The fourth-order valence-corrected chi connectivity index (χ4v) is 8.67. The number of piperidine rings is 1. The standard InChI is InChI=1S/C52H82ClN9O17/c1-13-15-37(66)54-26(7)44(69)60-42(30(11)79-52(78)27(8)55-38(67)16-14-2)48(73)59-41(28(9)63)47(72)57-34(21-24(3)4)45(70)56-33-18-20-39(68)62(49(33)74)43(29(10)64)50(75)61(12)35(23-31-17-19-36(65)32(53)22-31)46(71)58-40(25(5)6)51(76)77/h17,19,22,24-30,33-35,39-43,63-65,68H,13-16,18,20-21,23H2,1-12H3,(H,54,66)(H,55,67)(H,56,70)(H,57,72)(H,58,71)(H,59,73)(H,60,69)(H,76,77)/t26-,27-,28+,29+,30+,33?,34-,35-,39+,40-,41-,42-,43-/m0/s1. The molecule has 1 aliphatic rings. The molecule has 1 saturated heterocycles. The first-order valence-corrected chi connectivity index (χ1v) is 26.8. The van der Waals surface area contributed by atoms with Crippen molar-refractivity contribution >= 4 is 76.7 Å². The highest BCUT2D eigenvalue weighted by Gasteiger charge is 2.47. The van der Waals surface area contributed by atoms with E-state index in [9.17, 15) is 78.3 Å². The first kappa shape index (κ1) is 68.5. The number of likely N-dealkylation sites (tertiary alicyclic amines) is 1. The molecule has 0 saturated carbocycles. The summed E-state index contributed by atoms with van der Waals surface area (Å²) in [7, 11) is 1.16. The summed E-state index contributed by atoms with van der Waals surface area (Å²) in [5.74, 6) is -11.7. The van der Waals surface area contributed by atoms with Crippen LogP contribution in [-0.4, -0.2) is 186 Å². The minimum Gasteiger partial charge on any atom is -0.506 e. The minimum absolute atomic E-state index is 0.0855. The Bertz CT molecular complexity index is 2340. The van der Waals surface area contributed by atoms with Gasteiger partial charge in [-0.3, -0.25) is 43.2 Å². The molecule has 1 aromatic rings. The van der Waals surface area contributed by atoms with Crippen molar-refractivity contribution in [3.8, 4) is 5.75 Å². The molecule has 0 aromatic heterocycles. The van der Waals surface area contributed by atoms with Crippen molar-refractivity contribution in [2.45, 2.75) is 206 Å². The number of carboxylic acids is 1. The lowest BCUT2D eigenvalue weighted by Gasteiger charge is -2.43. The SMILES string of the molecule is CCCC(=O)N[C@@H](C)C(=O)N[C@H](C(=O)N[C@H](C(=O)N[C@@H](CC(C)C)C(=O)NC1CC[C@@H](O)N([C@H](C(=O)N(C)[C@@H](Cc2ccc(O)c(Cl)c2)C(=O)N[C@H](C(=O)O)C(C)C)[C@@H](C)O)C1=O)[C@@H](C)O)[C@@H](C)OC(=O)[C@H](C)NC(=O)CCC. The Morgan fingerprint density at radius 3 is 1.77 bits per heavy atom. The molecule has 1 aromatic carbocycles. The lowest BCUT2D eigenvalue weighted by atomic mass is 9.96. The number of nitrogens with one attached hydrogen (secondary N) is 7. The number of carboxylic acid groups (broad SMARTS) is 1. The summed E-state index contributed by atoms with van der Waals surface area (Å²) in [6.07, 6.45) is -6.40. The summed E-state index contributed by atoms with van der Waals surface area (Å²) in [6, 6.07) is -9.92. The molecule has 0 aliphatic carbocycles. The molecule has 27 heteroatoms. The molecule has 0 bridgehead atoms. The van der Waals surface area contributed by atoms with Crippen LogP contribution in [0.4, 0.5) is 0 Å². The van der Waals surface area contributed by atoms with Crippen molar-refractivity contribution in [3.05, 3.63) is 28.8 Å². The van der Waals surface area contributed by atoms with E-state index in [-0.39, 0.29) is 55.2 Å². The first-order valence-electron chi connectivity index (χ1n) is 26.4. The molecular weight excluding hydrogens is 1060 g/mol. The number of phenols is 1. The van der Waals surface area contributed by atoms with Gasteiger partial charge in [0.25, 0.3) is 0 Å². The molecule has 26 nitrogen and oxygen atoms in total. The van der Waals surface area contributed by atoms with E-state index >= 15 is 0 Å². The number of phenolic OH excluding ortho intramolecular Hbond substituents is 1. The zero-order chi connectivity index (χ0) is 60.3. The van der Waals surface area contributed by atoms with E-state index in [0.717, 1.165) is 25.8 Å². The summed E-state index contributed by atoms with van der Waals surface area (Å²) < 4.78 is 5.48. The zero-order valence-electron chi connectivity index (χ0n) is 47.0. The number of ether oxygens (including phenoxy) is 1. The quantitative estimate of drug-likeness (QED) is 0.0421. The van der Waals surface area contributed by atoms with E-state index in [2.05, 4.69) is 37.2 Å². The van der Waals surface area contributed by atoms with Crippen LogP contribution in [0.25, 0.3) is 0 Å². The van der Waals surface area contributed by atoms with Gasteiger partial charge >= 0.3 is 11.9 Å². The van der Waals surface area contributed by atoms with Crippen molar-refractivity contribution < 1.29 is 83.0 Å². The topological polar surface area (TPSA) is 389 Å². The van der Waals surface area contributed by atoms with Crippen LogP contribution in [0.3, 0.4) is 0 Å². The number of aliphatic hydroxyl groups is 3. The monoisotopic (exact) mass is 1140 g/mol. The van der Waals surface area contributed by atoms with Crippen molar-refractivity contribution in [2.24, 2.45) is 11.8 Å². The second-order valence-electron chi connectivity index (χ2n) is 20.7. The third kappa shape index (κ3) is 20.5. The van der Waals surface area contributed by atoms with Crippen molar-refractivity contribution in [3.63, 3.8) is 0 Å². The Balaban J connectivity index is 2.48. The number of aliphatic carboxylic acids is 1. The van der Waals surface area contributed by atoms with E-state index in [1.165, 1.54) is 39.0 Å². The van der Waals surface area contributed by atoms with Gasteiger partial charge in [0.05, 0.1) is 17.2 Å². The third-order valence-corrected chi connectivity index (χ3v) is 13.2. The van der Waals surface area contributed by atoms with Crippen LogP contribution in [0, 0.1) is 11.8 Å². The predicted molar refractivity (Wildman–Crippen MR) is 285 cm³/mol. The molecule has 9 amide bonds. The number of esters is 1. The number of hydrogen-bond acceptors (Lipinski definition) is 16. The van der Waals surface area contributed by atoms with Gasteiger partial charge in [0.15, 0.2) is 0 Å². The Kier molecular flexibility index (Phi) is 27.6. The van der Waals surface area contributed by atoms with Crippen LogP contribution >= 0.6 is 11.6 Å². The average Bonchev–Trinajstić information content (AvgIpc) is 3.35. The Morgan fingerprint density at radius 2 is 1.27 bits per heavy atom. The highest BCUT2D eigenvalue weighted by atomic mass is 35.5. The molecule has 0 spiro atoms. The summed E-state index contributed by atoms with van der Waals surface area (Å²) >= 11 is 6.14. The van der Waals surface area contributed by atoms with Gasteiger partial charge in [-0.15, -0.1) is 0 Å². The number of aromatic hydroxyl groups is 1. The number of carbonyl (C=O) groups excluding carboxylic acids is 10. The van der Waals surface area contributed by atoms with Crippen molar-refractivity contribution in [1.82, 2.24) is 47.0 Å². The molecule has 1 heterocycles. The Morgan fingerprint density at radius 1 is 0.722 bits per heavy atom. The lowest BCUT2D eigenvalue weighted by molar-refractivity contribution is -0.170. The van der Waals surface area contributed by atoms with E-state index in [1.807, 2.05) is 0 Å². The number of rotatable bonds is 30. The van der Waals surface area contributed by atoms with Crippen LogP contribution in [0.1, 0.15) is 127 Å². The first-order chi connectivity index (χ1) is 36.8. The number of amides is 9. The van der Waals surface area contributed by atoms with Gasteiger partial charge in [-0.1, -0.05) is 59.2 Å². The number of hydrogen-bond donors (Lipinski definition) is 12. The summed E-state index contributed by atoms with van der Waals surface area (Å²) in [6.45, 7) is 16.2. The molecule has 0 radical (unpaired) electrons. The van der Waals surface area contributed by atoms with Gasteiger partial charge in [0, 0.05) is 26.3 Å². The smallest absolute Gasteiger partial charge is 0.328 e. The fourth-order valence-electron chi connectivity index (χ4n) is 8.47. The van der Waals surface area contributed by atoms with Crippen LogP contribution in [0.15, 0.2) is 18.2 Å².